The summed E-state index contributed by atoms with van der Waals surface area (Å²) in [5, 5.41) is 18.3. The highest BCUT2D eigenvalue weighted by atomic mass is 16.3. The Morgan fingerprint density at radius 1 is 1.33 bits per heavy atom. The summed E-state index contributed by atoms with van der Waals surface area (Å²) in [6.45, 7) is 9.33. The van der Waals surface area contributed by atoms with Crippen LogP contribution in [-0.4, -0.2) is 40.1 Å². The maximum Gasteiger partial charge on any atom is 0.131 e. The zero-order valence-corrected chi connectivity index (χ0v) is 13.6. The van der Waals surface area contributed by atoms with Gasteiger partial charge in [0, 0.05) is 44.2 Å². The molecule has 118 valence electrons. The molecule has 0 amide bonds. The van der Waals surface area contributed by atoms with Gasteiger partial charge in [0.05, 0.1) is 11.8 Å². The Kier molecular flexibility index (Phi) is 3.97. The molecule has 2 aliphatic rings. The first-order valence-electron chi connectivity index (χ1n) is 8.16. The van der Waals surface area contributed by atoms with Crippen LogP contribution in [0.5, 0.6) is 0 Å². The standard InChI is InChI=1S/C16H28N4O/c1-10(2)17-7-13-11(3)18-19(4)16(13)20-8-12-5-6-15(21)14(12)9-20/h10,12,14-15,17,21H,5-9H2,1-4H3. The van der Waals surface area contributed by atoms with Gasteiger partial charge in [-0.1, -0.05) is 13.8 Å². The van der Waals surface area contributed by atoms with Crippen molar-refractivity contribution in [2.45, 2.75) is 52.3 Å². The second-order valence-electron chi connectivity index (χ2n) is 7.02. The predicted molar refractivity (Wildman–Crippen MR) is 84.4 cm³/mol. The Bertz CT molecular complexity index is 511. The maximum absolute atomic E-state index is 10.1. The normalized spacial score (nSPS) is 28.7. The predicted octanol–water partition coefficient (Wildman–Crippen LogP) is 1.43. The summed E-state index contributed by atoms with van der Waals surface area (Å²) in [4.78, 5) is 2.44. The van der Waals surface area contributed by atoms with Crippen molar-refractivity contribution in [3.63, 3.8) is 0 Å². The minimum Gasteiger partial charge on any atom is -0.393 e. The average Bonchev–Trinajstić information content (AvgIpc) is 3.03. The van der Waals surface area contributed by atoms with Gasteiger partial charge >= 0.3 is 0 Å². The largest absolute Gasteiger partial charge is 0.393 e. The van der Waals surface area contributed by atoms with Crippen molar-refractivity contribution < 1.29 is 5.11 Å². The number of fused-ring (bicyclic) bond motifs is 1. The van der Waals surface area contributed by atoms with E-state index < -0.39 is 0 Å². The molecule has 1 aliphatic heterocycles. The number of aliphatic hydroxyl groups is 1. The zero-order chi connectivity index (χ0) is 15.1. The van der Waals surface area contributed by atoms with Crippen LogP contribution in [0, 0.1) is 18.8 Å². The molecule has 2 heterocycles. The quantitative estimate of drug-likeness (QED) is 0.881. The summed E-state index contributed by atoms with van der Waals surface area (Å²) < 4.78 is 2.01. The fourth-order valence-electron chi connectivity index (χ4n) is 4.01. The lowest BCUT2D eigenvalue weighted by molar-refractivity contribution is 0.133. The van der Waals surface area contributed by atoms with Crippen molar-refractivity contribution in [2.24, 2.45) is 18.9 Å². The third-order valence-electron chi connectivity index (χ3n) is 5.12. The lowest BCUT2D eigenvalue weighted by Crippen LogP contribution is -2.28. The Hall–Kier alpha value is -1.07. The molecule has 3 unspecified atom stereocenters. The third kappa shape index (κ3) is 2.69. The van der Waals surface area contributed by atoms with E-state index in [-0.39, 0.29) is 6.10 Å². The van der Waals surface area contributed by atoms with Crippen LogP contribution in [0.25, 0.3) is 0 Å². The minimum atomic E-state index is -0.105. The van der Waals surface area contributed by atoms with E-state index in [1.807, 2.05) is 11.7 Å². The number of aromatic nitrogens is 2. The van der Waals surface area contributed by atoms with Gasteiger partial charge in [-0.2, -0.15) is 5.10 Å². The van der Waals surface area contributed by atoms with Gasteiger partial charge in [-0.25, -0.2) is 0 Å². The molecule has 5 nitrogen and oxygen atoms in total. The summed E-state index contributed by atoms with van der Waals surface area (Å²) in [5.41, 5.74) is 2.42. The average molecular weight is 292 g/mol. The zero-order valence-electron chi connectivity index (χ0n) is 13.6. The molecule has 0 bridgehead atoms. The fraction of sp³-hybridized carbons (Fsp3) is 0.812. The first-order valence-corrected chi connectivity index (χ1v) is 8.16. The van der Waals surface area contributed by atoms with Crippen molar-refractivity contribution in [3.8, 4) is 0 Å². The van der Waals surface area contributed by atoms with Gasteiger partial charge in [0.15, 0.2) is 0 Å². The lowest BCUT2D eigenvalue weighted by Gasteiger charge is -2.22. The van der Waals surface area contributed by atoms with Crippen LogP contribution in [0.4, 0.5) is 5.82 Å². The van der Waals surface area contributed by atoms with E-state index >= 15 is 0 Å². The van der Waals surface area contributed by atoms with E-state index in [0.29, 0.717) is 17.9 Å². The van der Waals surface area contributed by atoms with Crippen molar-refractivity contribution in [2.75, 3.05) is 18.0 Å². The van der Waals surface area contributed by atoms with Gasteiger partial charge in [-0.15, -0.1) is 0 Å². The lowest BCUT2D eigenvalue weighted by atomic mass is 10.00. The molecule has 0 radical (unpaired) electrons. The molecule has 1 saturated carbocycles. The SMILES string of the molecule is Cc1nn(C)c(N2CC3CCC(O)C3C2)c1CNC(C)C. The second kappa shape index (κ2) is 5.61. The topological polar surface area (TPSA) is 53.3 Å². The molecular weight excluding hydrogens is 264 g/mol. The van der Waals surface area contributed by atoms with E-state index in [1.165, 1.54) is 17.8 Å². The maximum atomic E-state index is 10.1. The van der Waals surface area contributed by atoms with Crippen LogP contribution in [0.2, 0.25) is 0 Å². The molecule has 1 aliphatic carbocycles. The molecular formula is C16H28N4O. The van der Waals surface area contributed by atoms with Crippen molar-refractivity contribution in [1.29, 1.82) is 0 Å². The Morgan fingerprint density at radius 3 is 2.76 bits per heavy atom. The molecule has 2 N–H and O–H groups in total. The Labute approximate surface area is 127 Å². The third-order valence-corrected chi connectivity index (χ3v) is 5.12. The molecule has 0 spiro atoms. The fourth-order valence-corrected chi connectivity index (χ4v) is 4.01. The smallest absolute Gasteiger partial charge is 0.131 e. The molecule has 0 aromatic carbocycles. The molecule has 5 heteroatoms. The van der Waals surface area contributed by atoms with Crippen LogP contribution < -0.4 is 10.2 Å². The minimum absolute atomic E-state index is 0.105. The highest BCUT2D eigenvalue weighted by Crippen LogP contribution is 2.40. The first kappa shape index (κ1) is 14.9. The molecule has 1 saturated heterocycles. The van der Waals surface area contributed by atoms with Crippen molar-refractivity contribution in [1.82, 2.24) is 15.1 Å². The van der Waals surface area contributed by atoms with Crippen LogP contribution in [0.3, 0.4) is 0 Å². The van der Waals surface area contributed by atoms with E-state index in [1.54, 1.807) is 0 Å². The summed E-state index contributed by atoms with van der Waals surface area (Å²) in [5.74, 6) is 2.34. The number of nitrogens with one attached hydrogen (secondary N) is 1. The van der Waals surface area contributed by atoms with Gasteiger partial charge in [0.25, 0.3) is 0 Å². The molecule has 1 aromatic heterocycles. The molecule has 1 aromatic rings. The van der Waals surface area contributed by atoms with Gasteiger partial charge in [0.2, 0.25) is 0 Å². The van der Waals surface area contributed by atoms with Gasteiger partial charge in [-0.05, 0) is 25.7 Å². The van der Waals surface area contributed by atoms with Crippen molar-refractivity contribution >= 4 is 5.82 Å². The number of nitrogens with zero attached hydrogens (tertiary/aromatic N) is 3. The summed E-state index contributed by atoms with van der Waals surface area (Å²) in [6.07, 6.45) is 2.04. The monoisotopic (exact) mass is 292 g/mol. The van der Waals surface area contributed by atoms with Crippen LogP contribution in [0.15, 0.2) is 0 Å². The Morgan fingerprint density at radius 2 is 2.10 bits per heavy atom. The number of hydrogen-bond donors (Lipinski definition) is 2. The summed E-state index contributed by atoms with van der Waals surface area (Å²) in [7, 11) is 2.03. The Balaban J connectivity index is 1.82. The highest BCUT2D eigenvalue weighted by Gasteiger charge is 2.43. The number of aliphatic hydroxyl groups excluding tert-OH is 1. The first-order chi connectivity index (χ1) is 9.97. The number of hydrogen-bond acceptors (Lipinski definition) is 4. The van der Waals surface area contributed by atoms with Crippen molar-refractivity contribution in [3.05, 3.63) is 11.3 Å². The van der Waals surface area contributed by atoms with E-state index in [9.17, 15) is 5.11 Å². The molecule has 3 atom stereocenters. The van der Waals surface area contributed by atoms with E-state index in [0.717, 1.165) is 31.7 Å². The van der Waals surface area contributed by atoms with E-state index in [2.05, 4.69) is 36.1 Å². The van der Waals surface area contributed by atoms with Crippen LogP contribution in [-0.2, 0) is 13.6 Å². The number of anilines is 1. The second-order valence-corrected chi connectivity index (χ2v) is 7.02. The molecule has 2 fully saturated rings. The van der Waals surface area contributed by atoms with Gasteiger partial charge in [0.1, 0.15) is 5.82 Å². The number of rotatable bonds is 4. The molecule has 21 heavy (non-hydrogen) atoms. The van der Waals surface area contributed by atoms with Crippen LogP contribution >= 0.6 is 0 Å². The van der Waals surface area contributed by atoms with E-state index in [4.69, 9.17) is 0 Å². The number of aryl methyl sites for hydroxylation is 2. The van der Waals surface area contributed by atoms with Crippen LogP contribution in [0.1, 0.15) is 37.9 Å². The van der Waals surface area contributed by atoms with Gasteiger partial charge < -0.3 is 15.3 Å². The molecule has 3 rings (SSSR count). The highest BCUT2D eigenvalue weighted by molar-refractivity contribution is 5.51. The summed E-state index contributed by atoms with van der Waals surface area (Å²) in [6, 6.07) is 0.470. The van der Waals surface area contributed by atoms with Gasteiger partial charge in [-0.3, -0.25) is 4.68 Å². The summed E-state index contributed by atoms with van der Waals surface area (Å²) >= 11 is 0.